The second-order valence-electron chi connectivity index (χ2n) is 6.43. The smallest absolute Gasteiger partial charge is 0.372 e. The highest BCUT2D eigenvalue weighted by Crippen LogP contribution is 2.39. The number of hydrogen-bond acceptors (Lipinski definition) is 3. The van der Waals surface area contributed by atoms with E-state index in [1.807, 2.05) is 30.3 Å². The van der Waals surface area contributed by atoms with Crippen molar-refractivity contribution in [3.63, 3.8) is 0 Å². The van der Waals surface area contributed by atoms with Crippen molar-refractivity contribution in [2.45, 2.75) is 12.7 Å². The number of benzene rings is 2. The van der Waals surface area contributed by atoms with Gasteiger partial charge in [0.1, 0.15) is 11.5 Å². The van der Waals surface area contributed by atoms with Crippen LogP contribution in [0.4, 0.5) is 18.9 Å². The number of alkyl halides is 3. The van der Waals surface area contributed by atoms with Crippen LogP contribution in [0.15, 0.2) is 59.5 Å². The highest BCUT2D eigenvalue weighted by Gasteiger charge is 2.34. The molecule has 146 valence electrons. The van der Waals surface area contributed by atoms with E-state index in [0.29, 0.717) is 12.2 Å². The third kappa shape index (κ3) is 4.04. The fraction of sp³-hybridized carbons (Fsp3) is 0.200. The minimum absolute atomic E-state index is 0.0508. The van der Waals surface area contributed by atoms with Crippen molar-refractivity contribution in [3.8, 4) is 11.4 Å². The molecule has 0 atom stereocenters. The number of halogens is 4. The normalized spacial score (nSPS) is 11.5. The largest absolute Gasteiger partial charge is 0.417 e. The molecule has 0 saturated heterocycles. The summed E-state index contributed by atoms with van der Waals surface area (Å²) in [5, 5.41) is -0.485. The fourth-order valence-corrected chi connectivity index (χ4v) is 3.15. The van der Waals surface area contributed by atoms with E-state index in [-0.39, 0.29) is 11.4 Å². The first-order chi connectivity index (χ1) is 13.2. The topological polar surface area (TPSA) is 38.1 Å². The van der Waals surface area contributed by atoms with Gasteiger partial charge in [0.25, 0.3) is 5.56 Å². The standard InChI is InChI=1S/C20H17ClF3N3O/c1-26(2)16-12-27(11-13-7-4-3-5-8-13)18(25-19(16)28)14-9-6-10-15(17(14)21)20(22,23)24/h3-10,12H,11H2,1-2H3. The Bertz CT molecular complexity index is 1050. The van der Waals surface area contributed by atoms with Gasteiger partial charge in [0, 0.05) is 32.4 Å². The second kappa shape index (κ2) is 7.67. The summed E-state index contributed by atoms with van der Waals surface area (Å²) < 4.78 is 41.4. The van der Waals surface area contributed by atoms with Gasteiger partial charge in [0.05, 0.1) is 10.6 Å². The van der Waals surface area contributed by atoms with Crippen LogP contribution in [0.5, 0.6) is 0 Å². The molecule has 0 bridgehead atoms. The van der Waals surface area contributed by atoms with Crippen LogP contribution >= 0.6 is 11.6 Å². The molecule has 0 N–H and O–H groups in total. The van der Waals surface area contributed by atoms with Crippen LogP contribution in [0, 0.1) is 0 Å². The molecule has 0 aliphatic rings. The van der Waals surface area contributed by atoms with Gasteiger partial charge >= 0.3 is 6.18 Å². The van der Waals surface area contributed by atoms with Crippen molar-refractivity contribution in [2.24, 2.45) is 0 Å². The van der Waals surface area contributed by atoms with Gasteiger partial charge < -0.3 is 9.47 Å². The van der Waals surface area contributed by atoms with Crippen LogP contribution in [0.2, 0.25) is 5.02 Å². The Morgan fingerprint density at radius 2 is 1.75 bits per heavy atom. The van der Waals surface area contributed by atoms with Crippen LogP contribution in [0.25, 0.3) is 11.4 Å². The second-order valence-corrected chi connectivity index (χ2v) is 6.81. The maximum absolute atomic E-state index is 13.3. The van der Waals surface area contributed by atoms with Gasteiger partial charge in [-0.05, 0) is 17.7 Å². The molecule has 0 saturated carbocycles. The van der Waals surface area contributed by atoms with Crippen LogP contribution in [-0.2, 0) is 12.7 Å². The predicted octanol–water partition coefficient (Wildman–Crippen LogP) is 4.70. The number of nitrogens with zero attached hydrogens (tertiary/aromatic N) is 3. The number of hydrogen-bond donors (Lipinski definition) is 0. The van der Waals surface area contributed by atoms with Gasteiger partial charge in [-0.15, -0.1) is 0 Å². The molecular formula is C20H17ClF3N3O. The Morgan fingerprint density at radius 1 is 1.07 bits per heavy atom. The molecule has 1 heterocycles. The highest BCUT2D eigenvalue weighted by molar-refractivity contribution is 6.34. The van der Waals surface area contributed by atoms with E-state index in [1.54, 1.807) is 29.8 Å². The Morgan fingerprint density at radius 3 is 2.36 bits per heavy atom. The molecule has 0 amide bonds. The van der Waals surface area contributed by atoms with Crippen LogP contribution in [-0.4, -0.2) is 23.6 Å². The number of aromatic nitrogens is 2. The Balaban J connectivity index is 2.23. The summed E-state index contributed by atoms with van der Waals surface area (Å²) in [7, 11) is 3.39. The summed E-state index contributed by atoms with van der Waals surface area (Å²) in [5.74, 6) is 0.0792. The zero-order chi connectivity index (χ0) is 20.5. The monoisotopic (exact) mass is 407 g/mol. The summed E-state index contributed by atoms with van der Waals surface area (Å²) in [4.78, 5) is 18.1. The van der Waals surface area contributed by atoms with Gasteiger partial charge in [0.15, 0.2) is 0 Å². The molecule has 0 unspecified atom stereocenters. The predicted molar refractivity (Wildman–Crippen MR) is 104 cm³/mol. The summed E-state index contributed by atoms with van der Waals surface area (Å²) in [6, 6.07) is 12.9. The minimum Gasteiger partial charge on any atom is -0.372 e. The molecule has 2 aromatic carbocycles. The van der Waals surface area contributed by atoms with E-state index in [9.17, 15) is 18.0 Å². The molecule has 1 aromatic heterocycles. The highest BCUT2D eigenvalue weighted by atomic mass is 35.5. The van der Waals surface area contributed by atoms with Gasteiger partial charge in [-0.3, -0.25) is 4.79 Å². The van der Waals surface area contributed by atoms with Crippen molar-refractivity contribution >= 4 is 17.3 Å². The lowest BCUT2D eigenvalue weighted by Crippen LogP contribution is -2.24. The van der Waals surface area contributed by atoms with E-state index in [2.05, 4.69) is 4.98 Å². The molecule has 0 aliphatic heterocycles. The van der Waals surface area contributed by atoms with Crippen molar-refractivity contribution in [1.29, 1.82) is 0 Å². The van der Waals surface area contributed by atoms with E-state index < -0.39 is 22.3 Å². The molecule has 0 spiro atoms. The molecule has 3 rings (SSSR count). The molecule has 0 radical (unpaired) electrons. The zero-order valence-corrected chi connectivity index (χ0v) is 15.9. The maximum atomic E-state index is 13.3. The molecule has 0 fully saturated rings. The number of anilines is 1. The lowest BCUT2D eigenvalue weighted by atomic mass is 10.1. The van der Waals surface area contributed by atoms with E-state index in [1.165, 1.54) is 12.1 Å². The average Bonchev–Trinajstić information content (AvgIpc) is 2.63. The molecule has 0 aliphatic carbocycles. The lowest BCUT2D eigenvalue weighted by Gasteiger charge is -2.19. The molecule has 8 heteroatoms. The maximum Gasteiger partial charge on any atom is 0.417 e. The Labute approximate surface area is 164 Å². The van der Waals surface area contributed by atoms with Crippen molar-refractivity contribution in [1.82, 2.24) is 9.55 Å². The first kappa shape index (κ1) is 19.9. The summed E-state index contributed by atoms with van der Waals surface area (Å²) >= 11 is 6.07. The number of rotatable bonds is 4. The van der Waals surface area contributed by atoms with Crippen molar-refractivity contribution in [2.75, 3.05) is 19.0 Å². The van der Waals surface area contributed by atoms with E-state index >= 15 is 0 Å². The van der Waals surface area contributed by atoms with Crippen molar-refractivity contribution < 1.29 is 13.2 Å². The molecule has 3 aromatic rings. The Hall–Kier alpha value is -2.80. The zero-order valence-electron chi connectivity index (χ0n) is 15.2. The van der Waals surface area contributed by atoms with Crippen LogP contribution in [0.3, 0.4) is 0 Å². The van der Waals surface area contributed by atoms with Gasteiger partial charge in [-0.1, -0.05) is 48.0 Å². The third-order valence-electron chi connectivity index (χ3n) is 4.20. The molecule has 28 heavy (non-hydrogen) atoms. The Kier molecular flexibility index (Phi) is 5.47. The van der Waals surface area contributed by atoms with Gasteiger partial charge in [-0.2, -0.15) is 18.2 Å². The summed E-state index contributed by atoms with van der Waals surface area (Å²) in [5.41, 5.74) is -0.235. The van der Waals surface area contributed by atoms with E-state index in [4.69, 9.17) is 11.6 Å². The van der Waals surface area contributed by atoms with Crippen LogP contribution in [0.1, 0.15) is 11.1 Å². The molecule has 4 nitrogen and oxygen atoms in total. The fourth-order valence-electron chi connectivity index (χ4n) is 2.83. The quantitative estimate of drug-likeness (QED) is 0.629. The third-order valence-corrected chi connectivity index (χ3v) is 4.61. The lowest BCUT2D eigenvalue weighted by molar-refractivity contribution is -0.137. The minimum atomic E-state index is -4.61. The SMILES string of the molecule is CN(C)c1cn(Cc2ccccc2)c(-c2cccc(C(F)(F)F)c2Cl)nc1=O. The summed E-state index contributed by atoms with van der Waals surface area (Å²) in [6.07, 6.45) is -3.03. The van der Waals surface area contributed by atoms with Crippen molar-refractivity contribution in [3.05, 3.63) is 81.2 Å². The van der Waals surface area contributed by atoms with E-state index in [0.717, 1.165) is 11.6 Å². The summed E-state index contributed by atoms with van der Waals surface area (Å²) in [6.45, 7) is 0.316. The van der Waals surface area contributed by atoms with Gasteiger partial charge in [0.2, 0.25) is 0 Å². The first-order valence-electron chi connectivity index (χ1n) is 8.37. The first-order valence-corrected chi connectivity index (χ1v) is 8.75. The molecular weight excluding hydrogens is 391 g/mol. The van der Waals surface area contributed by atoms with Crippen LogP contribution < -0.4 is 10.5 Å². The van der Waals surface area contributed by atoms with Gasteiger partial charge in [-0.25, -0.2) is 0 Å². The average molecular weight is 408 g/mol.